The molecule has 138 valence electrons. The number of rotatable bonds is 7. The molecule has 1 aliphatic carbocycles. The summed E-state index contributed by atoms with van der Waals surface area (Å²) in [4.78, 5) is 41.2. The fraction of sp³-hybridized carbons (Fsp3) is 0.444. The first-order chi connectivity index (χ1) is 12.5. The van der Waals surface area contributed by atoms with Gasteiger partial charge in [-0.05, 0) is 38.8 Å². The van der Waals surface area contributed by atoms with Crippen molar-refractivity contribution < 1.29 is 9.59 Å². The highest BCUT2D eigenvalue weighted by Crippen LogP contribution is 2.36. The first-order valence-corrected chi connectivity index (χ1v) is 9.71. The standard InChI is InChI=1S/C18H22N4O3S/c1-3-19-16(24)11(2)20-15(23)10-26-18-21-14-7-5-4-6-13(14)17(25)22(18)12-8-9-12/h4-7,11-12H,3,8-10H2,1-2H3,(H,19,24)(H,20,23)/t11-/m1/s1. The average Bonchev–Trinajstić information content (AvgIpc) is 3.45. The van der Waals surface area contributed by atoms with Crippen LogP contribution in [0, 0.1) is 0 Å². The van der Waals surface area contributed by atoms with Crippen LogP contribution in [-0.4, -0.2) is 39.7 Å². The van der Waals surface area contributed by atoms with E-state index < -0.39 is 6.04 Å². The summed E-state index contributed by atoms with van der Waals surface area (Å²) < 4.78 is 1.70. The molecule has 2 amide bonds. The monoisotopic (exact) mass is 374 g/mol. The Hall–Kier alpha value is -2.35. The van der Waals surface area contributed by atoms with Gasteiger partial charge in [0.1, 0.15) is 6.04 Å². The molecule has 2 N–H and O–H groups in total. The summed E-state index contributed by atoms with van der Waals surface area (Å²) in [6.07, 6.45) is 1.90. The molecule has 7 nitrogen and oxygen atoms in total. The second-order valence-electron chi connectivity index (χ2n) is 6.29. The number of amides is 2. The summed E-state index contributed by atoms with van der Waals surface area (Å²) in [5.74, 6) is -0.385. The number of thioether (sulfide) groups is 1. The number of fused-ring (bicyclic) bond motifs is 1. The number of hydrogen-bond donors (Lipinski definition) is 2. The third-order valence-electron chi connectivity index (χ3n) is 4.14. The van der Waals surface area contributed by atoms with Gasteiger partial charge in [0, 0.05) is 12.6 Å². The van der Waals surface area contributed by atoms with E-state index in [1.807, 2.05) is 19.1 Å². The predicted octanol–water partition coefficient (Wildman–Crippen LogP) is 1.46. The molecule has 0 aliphatic heterocycles. The quantitative estimate of drug-likeness (QED) is 0.565. The van der Waals surface area contributed by atoms with Crippen LogP contribution in [0.5, 0.6) is 0 Å². The maximum atomic E-state index is 12.8. The van der Waals surface area contributed by atoms with E-state index >= 15 is 0 Å². The van der Waals surface area contributed by atoms with Crippen LogP contribution in [0.15, 0.2) is 34.2 Å². The van der Waals surface area contributed by atoms with E-state index in [-0.39, 0.29) is 29.2 Å². The summed E-state index contributed by atoms with van der Waals surface area (Å²) >= 11 is 1.23. The molecule has 26 heavy (non-hydrogen) atoms. The molecular weight excluding hydrogens is 352 g/mol. The predicted molar refractivity (Wildman–Crippen MR) is 101 cm³/mol. The SMILES string of the molecule is CCNC(=O)[C@@H](C)NC(=O)CSc1nc2ccccc2c(=O)n1C1CC1. The van der Waals surface area contributed by atoms with Crippen LogP contribution in [0.2, 0.25) is 0 Å². The summed E-state index contributed by atoms with van der Waals surface area (Å²) in [7, 11) is 0. The van der Waals surface area contributed by atoms with E-state index in [0.717, 1.165) is 12.8 Å². The molecule has 2 aromatic rings. The first kappa shape index (κ1) is 18.4. The molecule has 0 spiro atoms. The largest absolute Gasteiger partial charge is 0.355 e. The molecule has 1 aromatic heterocycles. The smallest absolute Gasteiger partial charge is 0.262 e. The topological polar surface area (TPSA) is 93.1 Å². The van der Waals surface area contributed by atoms with Gasteiger partial charge < -0.3 is 10.6 Å². The van der Waals surface area contributed by atoms with Crippen molar-refractivity contribution in [2.75, 3.05) is 12.3 Å². The van der Waals surface area contributed by atoms with E-state index in [9.17, 15) is 14.4 Å². The number of likely N-dealkylation sites (N-methyl/N-ethyl adjacent to an activating group) is 1. The summed E-state index contributed by atoms with van der Waals surface area (Å²) in [5, 5.41) is 6.48. The zero-order valence-electron chi connectivity index (χ0n) is 14.8. The van der Waals surface area contributed by atoms with Crippen LogP contribution in [-0.2, 0) is 9.59 Å². The molecule has 1 aliphatic rings. The molecule has 1 saturated carbocycles. The van der Waals surface area contributed by atoms with Crippen molar-refractivity contribution in [2.45, 2.75) is 43.9 Å². The fourth-order valence-corrected chi connectivity index (χ4v) is 3.57. The van der Waals surface area contributed by atoms with Crippen molar-refractivity contribution in [1.29, 1.82) is 0 Å². The van der Waals surface area contributed by atoms with Gasteiger partial charge in [-0.15, -0.1) is 0 Å². The molecule has 1 heterocycles. The number of aromatic nitrogens is 2. The van der Waals surface area contributed by atoms with Gasteiger partial charge in [-0.25, -0.2) is 4.98 Å². The van der Waals surface area contributed by atoms with E-state index in [1.54, 1.807) is 23.6 Å². The molecule has 0 radical (unpaired) electrons. The fourth-order valence-electron chi connectivity index (χ4n) is 2.69. The summed E-state index contributed by atoms with van der Waals surface area (Å²) in [6, 6.07) is 6.81. The minimum absolute atomic E-state index is 0.0586. The Bertz CT molecular complexity index is 892. The molecule has 8 heteroatoms. The number of para-hydroxylation sites is 1. The number of benzene rings is 1. The molecule has 3 rings (SSSR count). The van der Waals surface area contributed by atoms with Gasteiger partial charge in [0.2, 0.25) is 11.8 Å². The average molecular weight is 374 g/mol. The van der Waals surface area contributed by atoms with E-state index in [1.165, 1.54) is 11.8 Å². The third kappa shape index (κ3) is 4.07. The zero-order chi connectivity index (χ0) is 18.7. The summed E-state index contributed by atoms with van der Waals surface area (Å²) in [6.45, 7) is 3.98. The van der Waals surface area contributed by atoms with Crippen LogP contribution in [0.4, 0.5) is 0 Å². The molecule has 0 bridgehead atoms. The Morgan fingerprint density at radius 3 is 2.77 bits per heavy atom. The van der Waals surface area contributed by atoms with Gasteiger partial charge in [0.05, 0.1) is 16.7 Å². The number of carbonyl (C=O) groups is 2. The Balaban J connectivity index is 1.74. The Kier molecular flexibility index (Phi) is 5.61. The number of hydrogen-bond acceptors (Lipinski definition) is 5. The van der Waals surface area contributed by atoms with Gasteiger partial charge in [0.25, 0.3) is 5.56 Å². The molecule has 0 saturated heterocycles. The second-order valence-corrected chi connectivity index (χ2v) is 7.23. The van der Waals surface area contributed by atoms with E-state index in [0.29, 0.717) is 22.6 Å². The summed E-state index contributed by atoms with van der Waals surface area (Å²) in [5.41, 5.74) is 0.574. The van der Waals surface area contributed by atoms with Crippen molar-refractivity contribution in [3.63, 3.8) is 0 Å². The third-order valence-corrected chi connectivity index (χ3v) is 5.09. The minimum atomic E-state index is -0.599. The number of nitrogens with one attached hydrogen (secondary N) is 2. The van der Waals surface area contributed by atoms with Crippen molar-refractivity contribution in [1.82, 2.24) is 20.2 Å². The van der Waals surface area contributed by atoms with Gasteiger partial charge >= 0.3 is 0 Å². The van der Waals surface area contributed by atoms with Crippen molar-refractivity contribution >= 4 is 34.5 Å². The molecule has 1 fully saturated rings. The van der Waals surface area contributed by atoms with Gasteiger partial charge in [-0.1, -0.05) is 23.9 Å². The molecule has 0 unspecified atom stereocenters. The Labute approximate surface area is 155 Å². The molecule has 1 atom stereocenters. The lowest BCUT2D eigenvalue weighted by atomic mass is 10.2. The lowest BCUT2D eigenvalue weighted by Gasteiger charge is -2.14. The Morgan fingerprint density at radius 2 is 2.08 bits per heavy atom. The maximum Gasteiger partial charge on any atom is 0.262 e. The van der Waals surface area contributed by atoms with E-state index in [2.05, 4.69) is 15.6 Å². The van der Waals surface area contributed by atoms with Gasteiger partial charge in [-0.3, -0.25) is 19.0 Å². The number of carbonyl (C=O) groups excluding carboxylic acids is 2. The van der Waals surface area contributed by atoms with Crippen LogP contribution < -0.4 is 16.2 Å². The second kappa shape index (κ2) is 7.90. The zero-order valence-corrected chi connectivity index (χ0v) is 15.6. The van der Waals surface area contributed by atoms with Crippen LogP contribution in [0.25, 0.3) is 10.9 Å². The minimum Gasteiger partial charge on any atom is -0.355 e. The molecular formula is C18H22N4O3S. The van der Waals surface area contributed by atoms with Crippen LogP contribution >= 0.6 is 11.8 Å². The highest BCUT2D eigenvalue weighted by molar-refractivity contribution is 7.99. The van der Waals surface area contributed by atoms with Gasteiger partial charge in [-0.2, -0.15) is 0 Å². The van der Waals surface area contributed by atoms with Gasteiger partial charge in [0.15, 0.2) is 5.16 Å². The van der Waals surface area contributed by atoms with Crippen molar-refractivity contribution in [3.8, 4) is 0 Å². The number of nitrogens with zero attached hydrogens (tertiary/aromatic N) is 2. The lowest BCUT2D eigenvalue weighted by Crippen LogP contribution is -2.45. The highest BCUT2D eigenvalue weighted by atomic mass is 32.2. The van der Waals surface area contributed by atoms with Crippen LogP contribution in [0.1, 0.15) is 32.7 Å². The maximum absolute atomic E-state index is 12.8. The molecule has 1 aromatic carbocycles. The van der Waals surface area contributed by atoms with Crippen molar-refractivity contribution in [2.24, 2.45) is 0 Å². The highest BCUT2D eigenvalue weighted by Gasteiger charge is 2.28. The van der Waals surface area contributed by atoms with Crippen molar-refractivity contribution in [3.05, 3.63) is 34.6 Å². The first-order valence-electron chi connectivity index (χ1n) is 8.72. The van der Waals surface area contributed by atoms with Crippen LogP contribution in [0.3, 0.4) is 0 Å². The normalized spacial score (nSPS) is 14.8. The Morgan fingerprint density at radius 1 is 1.35 bits per heavy atom. The lowest BCUT2D eigenvalue weighted by molar-refractivity contribution is -0.127. The van der Waals surface area contributed by atoms with E-state index in [4.69, 9.17) is 0 Å².